The molecule has 0 aromatic carbocycles. The number of hydrogen-bond acceptors (Lipinski definition) is 4. The van der Waals surface area contributed by atoms with E-state index in [0.717, 1.165) is 11.5 Å². The lowest BCUT2D eigenvalue weighted by Crippen LogP contribution is -2.24. The Kier molecular flexibility index (Phi) is 4.21. The Hall–Kier alpha value is -1.82. The number of carbonyl (C=O) groups excluding carboxylic acids is 1. The predicted molar refractivity (Wildman–Crippen MR) is 73.2 cm³/mol. The number of amides is 1. The number of aromatic nitrogens is 1. The van der Waals surface area contributed by atoms with Gasteiger partial charge in [0.05, 0.1) is 6.54 Å². The molecule has 0 aliphatic rings. The topological polar surface area (TPSA) is 59.5 Å². The summed E-state index contributed by atoms with van der Waals surface area (Å²) in [7, 11) is 1.70. The van der Waals surface area contributed by atoms with Gasteiger partial charge in [-0.2, -0.15) is 0 Å². The van der Waals surface area contributed by atoms with Crippen molar-refractivity contribution in [2.24, 2.45) is 0 Å². The first-order valence-corrected chi connectivity index (χ1v) is 6.44. The fraction of sp³-hybridized carbons (Fsp3) is 0.231. The minimum atomic E-state index is -0.131. The SMILES string of the molecule is Cc1cc(CN(C)C(=O)C=Cc2ccc(Br)o2)no1. The van der Waals surface area contributed by atoms with E-state index in [-0.39, 0.29) is 5.91 Å². The quantitative estimate of drug-likeness (QED) is 0.811. The highest BCUT2D eigenvalue weighted by Crippen LogP contribution is 2.15. The van der Waals surface area contributed by atoms with Crippen LogP contribution < -0.4 is 0 Å². The zero-order valence-corrected chi connectivity index (χ0v) is 12.2. The zero-order chi connectivity index (χ0) is 13.8. The van der Waals surface area contributed by atoms with E-state index in [0.29, 0.717) is 17.0 Å². The number of likely N-dealkylation sites (N-methyl/N-ethyl adjacent to an activating group) is 1. The summed E-state index contributed by atoms with van der Waals surface area (Å²) in [4.78, 5) is 13.4. The first-order chi connectivity index (χ1) is 9.04. The number of furan rings is 1. The minimum Gasteiger partial charge on any atom is -0.450 e. The van der Waals surface area contributed by atoms with Crippen LogP contribution in [0.1, 0.15) is 17.2 Å². The van der Waals surface area contributed by atoms with E-state index in [9.17, 15) is 4.79 Å². The maximum atomic E-state index is 11.9. The first kappa shape index (κ1) is 13.6. The van der Waals surface area contributed by atoms with Crippen LogP contribution in [0.15, 0.2) is 37.9 Å². The maximum Gasteiger partial charge on any atom is 0.246 e. The highest BCUT2D eigenvalue weighted by atomic mass is 79.9. The van der Waals surface area contributed by atoms with Gasteiger partial charge in [-0.3, -0.25) is 4.79 Å². The minimum absolute atomic E-state index is 0.131. The van der Waals surface area contributed by atoms with Crippen LogP contribution in [0.25, 0.3) is 6.08 Å². The van der Waals surface area contributed by atoms with E-state index < -0.39 is 0 Å². The summed E-state index contributed by atoms with van der Waals surface area (Å²) in [6.07, 6.45) is 3.08. The van der Waals surface area contributed by atoms with E-state index in [1.54, 1.807) is 36.2 Å². The van der Waals surface area contributed by atoms with Gasteiger partial charge in [-0.1, -0.05) is 5.16 Å². The molecule has 2 aromatic rings. The Labute approximate surface area is 119 Å². The van der Waals surface area contributed by atoms with Crippen molar-refractivity contribution in [3.8, 4) is 0 Å². The molecule has 0 unspecified atom stereocenters. The molecule has 2 heterocycles. The van der Waals surface area contributed by atoms with E-state index >= 15 is 0 Å². The number of aryl methyl sites for hydroxylation is 1. The Balaban J connectivity index is 1.94. The molecule has 0 fully saturated rings. The third-order valence-corrected chi connectivity index (χ3v) is 2.86. The molecule has 6 heteroatoms. The Bertz CT molecular complexity index is 601. The van der Waals surface area contributed by atoms with Crippen molar-refractivity contribution in [1.82, 2.24) is 10.1 Å². The van der Waals surface area contributed by atoms with Crippen molar-refractivity contribution in [1.29, 1.82) is 0 Å². The van der Waals surface area contributed by atoms with Crippen LogP contribution in [0.3, 0.4) is 0 Å². The van der Waals surface area contributed by atoms with Gasteiger partial charge in [-0.05, 0) is 41.1 Å². The molecule has 5 nitrogen and oxygen atoms in total. The molecule has 0 radical (unpaired) electrons. The molecule has 0 aliphatic carbocycles. The van der Waals surface area contributed by atoms with Crippen LogP contribution in [0.5, 0.6) is 0 Å². The van der Waals surface area contributed by atoms with Gasteiger partial charge in [0.25, 0.3) is 0 Å². The van der Waals surface area contributed by atoms with Crippen LogP contribution in [0.2, 0.25) is 0 Å². The lowest BCUT2D eigenvalue weighted by Gasteiger charge is -2.12. The van der Waals surface area contributed by atoms with Gasteiger partial charge >= 0.3 is 0 Å². The maximum absolute atomic E-state index is 11.9. The number of hydrogen-bond donors (Lipinski definition) is 0. The molecule has 0 saturated carbocycles. The highest BCUT2D eigenvalue weighted by molar-refractivity contribution is 9.10. The van der Waals surface area contributed by atoms with Gasteiger partial charge in [0, 0.05) is 19.2 Å². The molecule has 2 rings (SSSR count). The first-order valence-electron chi connectivity index (χ1n) is 5.65. The largest absolute Gasteiger partial charge is 0.450 e. The smallest absolute Gasteiger partial charge is 0.246 e. The number of nitrogens with zero attached hydrogens (tertiary/aromatic N) is 2. The second-order valence-corrected chi connectivity index (χ2v) is 4.88. The Morgan fingerprint density at radius 2 is 2.32 bits per heavy atom. The van der Waals surface area contributed by atoms with E-state index in [4.69, 9.17) is 8.94 Å². The molecular weight excluding hydrogens is 312 g/mol. The summed E-state index contributed by atoms with van der Waals surface area (Å²) < 4.78 is 10.8. The van der Waals surface area contributed by atoms with Gasteiger partial charge in [0.15, 0.2) is 4.67 Å². The second kappa shape index (κ2) is 5.88. The van der Waals surface area contributed by atoms with E-state index in [1.807, 2.05) is 6.92 Å². The third kappa shape index (κ3) is 3.82. The number of rotatable bonds is 4. The lowest BCUT2D eigenvalue weighted by molar-refractivity contribution is -0.125. The van der Waals surface area contributed by atoms with Crippen molar-refractivity contribution in [2.75, 3.05) is 7.05 Å². The summed E-state index contributed by atoms with van der Waals surface area (Å²) in [5.74, 6) is 1.21. The number of halogens is 1. The summed E-state index contributed by atoms with van der Waals surface area (Å²) >= 11 is 3.20. The van der Waals surface area contributed by atoms with Crippen molar-refractivity contribution >= 4 is 27.9 Å². The predicted octanol–water partition coefficient (Wildman–Crippen LogP) is 3.01. The van der Waals surface area contributed by atoms with Crippen molar-refractivity contribution in [3.05, 3.63) is 46.2 Å². The van der Waals surface area contributed by atoms with Crippen molar-refractivity contribution in [2.45, 2.75) is 13.5 Å². The zero-order valence-electron chi connectivity index (χ0n) is 10.6. The summed E-state index contributed by atoms with van der Waals surface area (Å²) in [5, 5.41) is 3.84. The van der Waals surface area contributed by atoms with Gasteiger partial charge in [-0.15, -0.1) is 0 Å². The lowest BCUT2D eigenvalue weighted by atomic mass is 10.3. The Morgan fingerprint density at radius 3 is 2.89 bits per heavy atom. The van der Waals surface area contributed by atoms with Gasteiger partial charge in [0.1, 0.15) is 17.2 Å². The van der Waals surface area contributed by atoms with Crippen LogP contribution in [-0.2, 0) is 11.3 Å². The van der Waals surface area contributed by atoms with Crippen molar-refractivity contribution < 1.29 is 13.7 Å². The molecular formula is C13H13BrN2O3. The van der Waals surface area contributed by atoms with Crippen LogP contribution in [-0.4, -0.2) is 23.0 Å². The normalized spacial score (nSPS) is 11.1. The molecule has 2 aromatic heterocycles. The molecule has 19 heavy (non-hydrogen) atoms. The average Bonchev–Trinajstić information content (AvgIpc) is 2.95. The highest BCUT2D eigenvalue weighted by Gasteiger charge is 2.09. The molecule has 0 aliphatic heterocycles. The molecule has 0 saturated heterocycles. The fourth-order valence-corrected chi connectivity index (χ4v) is 1.83. The molecule has 0 spiro atoms. The summed E-state index contributed by atoms with van der Waals surface area (Å²) in [6.45, 7) is 2.22. The molecule has 0 atom stereocenters. The Morgan fingerprint density at radius 1 is 1.53 bits per heavy atom. The van der Waals surface area contributed by atoms with Crippen LogP contribution in [0.4, 0.5) is 0 Å². The summed E-state index contributed by atoms with van der Waals surface area (Å²) in [6, 6.07) is 5.35. The molecule has 0 N–H and O–H groups in total. The van der Waals surface area contributed by atoms with E-state index in [2.05, 4.69) is 21.1 Å². The standard InChI is InChI=1S/C13H13BrN2O3/c1-9-7-10(15-19-9)8-16(2)13(17)6-4-11-3-5-12(14)18-11/h3-7H,8H2,1-2H3. The summed E-state index contributed by atoms with van der Waals surface area (Å²) in [5.41, 5.74) is 0.725. The number of carbonyl (C=O) groups is 1. The van der Waals surface area contributed by atoms with E-state index in [1.165, 1.54) is 6.08 Å². The fourth-order valence-electron chi connectivity index (χ4n) is 1.51. The van der Waals surface area contributed by atoms with Gasteiger partial charge < -0.3 is 13.8 Å². The average molecular weight is 325 g/mol. The van der Waals surface area contributed by atoms with Gasteiger partial charge in [0.2, 0.25) is 5.91 Å². The molecule has 100 valence electrons. The third-order valence-electron chi connectivity index (χ3n) is 2.44. The van der Waals surface area contributed by atoms with Gasteiger partial charge in [-0.25, -0.2) is 0 Å². The van der Waals surface area contributed by atoms with Crippen LogP contribution in [0, 0.1) is 6.92 Å². The second-order valence-electron chi connectivity index (χ2n) is 4.10. The van der Waals surface area contributed by atoms with Crippen molar-refractivity contribution in [3.63, 3.8) is 0 Å². The monoisotopic (exact) mass is 324 g/mol. The molecule has 0 bridgehead atoms. The van der Waals surface area contributed by atoms with Crippen LogP contribution >= 0.6 is 15.9 Å². The molecule has 1 amide bonds.